The molecule has 2 heterocycles. The van der Waals surface area contributed by atoms with Gasteiger partial charge in [-0.25, -0.2) is 0 Å². The van der Waals surface area contributed by atoms with E-state index < -0.39 is 0 Å². The molecule has 0 bridgehead atoms. The largest absolute Gasteiger partial charge is 0.365 e. The summed E-state index contributed by atoms with van der Waals surface area (Å²) in [7, 11) is 0. The van der Waals surface area contributed by atoms with Gasteiger partial charge in [-0.15, -0.1) is 0 Å². The monoisotopic (exact) mass is 174 g/mol. The van der Waals surface area contributed by atoms with Crippen LogP contribution in [0.25, 0.3) is 0 Å². The number of hydrogen-bond donors (Lipinski definition) is 2. The van der Waals surface area contributed by atoms with E-state index in [1.54, 1.807) is 0 Å². The summed E-state index contributed by atoms with van der Waals surface area (Å²) < 4.78 is 0. The summed E-state index contributed by atoms with van der Waals surface area (Å²) in [6.45, 7) is 2.18. The number of hydrogen-bond acceptors (Lipinski definition) is 0. The highest BCUT2D eigenvalue weighted by atomic mass is 14.7. The zero-order valence-corrected chi connectivity index (χ0v) is 7.80. The first-order valence-corrected chi connectivity index (χ1v) is 4.67. The van der Waals surface area contributed by atoms with Crippen LogP contribution in [0.5, 0.6) is 0 Å². The highest BCUT2D eigenvalue weighted by Crippen LogP contribution is 2.11. The van der Waals surface area contributed by atoms with Gasteiger partial charge in [0.2, 0.25) is 0 Å². The first kappa shape index (κ1) is 8.17. The fourth-order valence-electron chi connectivity index (χ4n) is 1.60. The van der Waals surface area contributed by atoms with E-state index >= 15 is 0 Å². The minimum absolute atomic E-state index is 0.975. The van der Waals surface area contributed by atoms with Gasteiger partial charge in [0.25, 0.3) is 0 Å². The maximum Gasteiger partial charge on any atom is 0.0281 e. The van der Waals surface area contributed by atoms with Crippen molar-refractivity contribution in [2.24, 2.45) is 0 Å². The lowest BCUT2D eigenvalue weighted by atomic mass is 10.1. The third-order valence-corrected chi connectivity index (χ3v) is 2.34. The fraction of sp³-hybridized carbons (Fsp3) is 0.273. The molecule has 0 aliphatic heterocycles. The van der Waals surface area contributed by atoms with Gasteiger partial charge in [-0.3, -0.25) is 0 Å². The van der Waals surface area contributed by atoms with Gasteiger partial charge in [-0.1, -0.05) is 6.92 Å². The van der Waals surface area contributed by atoms with Crippen LogP contribution in [-0.2, 0) is 12.8 Å². The highest BCUT2D eigenvalue weighted by molar-refractivity contribution is 5.25. The van der Waals surface area contributed by atoms with Gasteiger partial charge in [0, 0.05) is 30.2 Å². The van der Waals surface area contributed by atoms with Crippen molar-refractivity contribution in [3.8, 4) is 0 Å². The molecule has 2 aromatic rings. The van der Waals surface area contributed by atoms with E-state index in [1.807, 2.05) is 18.5 Å². The molecule has 0 aliphatic carbocycles. The van der Waals surface area contributed by atoms with Crippen molar-refractivity contribution >= 4 is 0 Å². The zero-order valence-electron chi connectivity index (χ0n) is 7.80. The van der Waals surface area contributed by atoms with E-state index in [9.17, 15) is 0 Å². The van der Waals surface area contributed by atoms with Crippen molar-refractivity contribution in [2.75, 3.05) is 0 Å². The van der Waals surface area contributed by atoms with Crippen molar-refractivity contribution in [3.05, 3.63) is 47.5 Å². The molecule has 0 radical (unpaired) electrons. The standard InChI is InChI=1S/C11H14N2/c1-2-9-5-7-13-11(9)8-10-4-3-6-12-10/h3-7,12-13H,2,8H2,1H3. The number of aromatic amines is 2. The van der Waals surface area contributed by atoms with Gasteiger partial charge >= 0.3 is 0 Å². The molecule has 0 aliphatic rings. The molecule has 13 heavy (non-hydrogen) atoms. The predicted octanol–water partition coefficient (Wildman–Crippen LogP) is 2.50. The molecule has 2 nitrogen and oxygen atoms in total. The van der Waals surface area contributed by atoms with Gasteiger partial charge in [-0.2, -0.15) is 0 Å². The van der Waals surface area contributed by atoms with Crippen molar-refractivity contribution < 1.29 is 0 Å². The summed E-state index contributed by atoms with van der Waals surface area (Å²) in [5.41, 5.74) is 4.00. The molecule has 2 rings (SSSR count). The van der Waals surface area contributed by atoms with Crippen LogP contribution in [0.3, 0.4) is 0 Å². The second kappa shape index (κ2) is 3.52. The van der Waals surface area contributed by atoms with E-state index in [0.29, 0.717) is 0 Å². The lowest BCUT2D eigenvalue weighted by molar-refractivity contribution is 1.00. The summed E-state index contributed by atoms with van der Waals surface area (Å²) >= 11 is 0. The van der Waals surface area contributed by atoms with E-state index in [2.05, 4.69) is 29.0 Å². The maximum atomic E-state index is 3.27. The number of rotatable bonds is 3. The van der Waals surface area contributed by atoms with Crippen LogP contribution in [0.1, 0.15) is 23.9 Å². The Balaban J connectivity index is 2.18. The number of nitrogens with one attached hydrogen (secondary N) is 2. The number of aromatic nitrogens is 2. The summed E-state index contributed by atoms with van der Waals surface area (Å²) in [5, 5.41) is 0. The second-order valence-corrected chi connectivity index (χ2v) is 3.21. The Morgan fingerprint density at radius 3 is 2.77 bits per heavy atom. The maximum absolute atomic E-state index is 3.27. The first-order chi connectivity index (χ1) is 6.40. The van der Waals surface area contributed by atoms with E-state index in [0.717, 1.165) is 12.8 Å². The van der Waals surface area contributed by atoms with E-state index in [-0.39, 0.29) is 0 Å². The molecular weight excluding hydrogens is 160 g/mol. The summed E-state index contributed by atoms with van der Waals surface area (Å²) in [6, 6.07) is 6.29. The Labute approximate surface area is 78.0 Å². The molecule has 0 atom stereocenters. The SMILES string of the molecule is CCc1cc[nH]c1Cc1ccc[nH]1. The van der Waals surface area contributed by atoms with Crippen LogP contribution in [0.2, 0.25) is 0 Å². The van der Waals surface area contributed by atoms with Crippen molar-refractivity contribution in [3.63, 3.8) is 0 Å². The molecule has 2 aromatic heterocycles. The van der Waals surface area contributed by atoms with Gasteiger partial charge in [0.05, 0.1) is 0 Å². The van der Waals surface area contributed by atoms with Crippen LogP contribution in [0.4, 0.5) is 0 Å². The average molecular weight is 174 g/mol. The molecular formula is C11H14N2. The Bertz CT molecular complexity index is 357. The van der Waals surface area contributed by atoms with Crippen LogP contribution >= 0.6 is 0 Å². The molecule has 0 amide bonds. The average Bonchev–Trinajstić information content (AvgIpc) is 2.76. The molecule has 68 valence electrons. The molecule has 2 heteroatoms. The van der Waals surface area contributed by atoms with Crippen molar-refractivity contribution in [1.82, 2.24) is 9.97 Å². The molecule has 0 unspecified atom stereocenters. The van der Waals surface area contributed by atoms with Crippen LogP contribution in [0, 0.1) is 0 Å². The Morgan fingerprint density at radius 2 is 2.08 bits per heavy atom. The van der Waals surface area contributed by atoms with Gasteiger partial charge in [0.15, 0.2) is 0 Å². The minimum Gasteiger partial charge on any atom is -0.365 e. The Kier molecular flexibility index (Phi) is 2.21. The van der Waals surface area contributed by atoms with Gasteiger partial charge in [-0.05, 0) is 30.2 Å². The van der Waals surface area contributed by atoms with Crippen LogP contribution < -0.4 is 0 Å². The third-order valence-electron chi connectivity index (χ3n) is 2.34. The number of H-pyrrole nitrogens is 2. The quantitative estimate of drug-likeness (QED) is 0.716. The van der Waals surface area contributed by atoms with Crippen LogP contribution in [-0.4, -0.2) is 9.97 Å². The molecule has 0 aromatic carbocycles. The fourth-order valence-corrected chi connectivity index (χ4v) is 1.60. The van der Waals surface area contributed by atoms with E-state index in [4.69, 9.17) is 0 Å². The van der Waals surface area contributed by atoms with Crippen LogP contribution in [0.15, 0.2) is 30.6 Å². The topological polar surface area (TPSA) is 31.6 Å². The first-order valence-electron chi connectivity index (χ1n) is 4.67. The molecule has 0 saturated carbocycles. The molecule has 0 spiro atoms. The van der Waals surface area contributed by atoms with Gasteiger partial charge < -0.3 is 9.97 Å². The van der Waals surface area contributed by atoms with Crippen molar-refractivity contribution in [2.45, 2.75) is 19.8 Å². The summed E-state index contributed by atoms with van der Waals surface area (Å²) in [6.07, 6.45) is 6.05. The summed E-state index contributed by atoms with van der Waals surface area (Å²) in [5.74, 6) is 0. The Morgan fingerprint density at radius 1 is 1.15 bits per heavy atom. The van der Waals surface area contributed by atoms with E-state index in [1.165, 1.54) is 17.0 Å². The smallest absolute Gasteiger partial charge is 0.0281 e. The van der Waals surface area contributed by atoms with Gasteiger partial charge in [0.1, 0.15) is 0 Å². The molecule has 2 N–H and O–H groups in total. The predicted molar refractivity (Wildman–Crippen MR) is 53.8 cm³/mol. The van der Waals surface area contributed by atoms with Crippen molar-refractivity contribution in [1.29, 1.82) is 0 Å². The lowest BCUT2D eigenvalue weighted by Crippen LogP contribution is -1.92. The lowest BCUT2D eigenvalue weighted by Gasteiger charge is -1.99. The Hall–Kier alpha value is -1.44. The third kappa shape index (κ3) is 1.66. The normalized spacial score (nSPS) is 10.5. The molecule has 0 fully saturated rings. The minimum atomic E-state index is 0.975. The zero-order chi connectivity index (χ0) is 9.10. The summed E-state index contributed by atoms with van der Waals surface area (Å²) in [4.78, 5) is 6.48. The molecule has 0 saturated heterocycles. The highest BCUT2D eigenvalue weighted by Gasteiger charge is 2.02. The number of aryl methyl sites for hydroxylation is 1. The second-order valence-electron chi connectivity index (χ2n) is 3.21.